The number of para-hydroxylation sites is 2. The highest BCUT2D eigenvalue weighted by Crippen LogP contribution is 2.32. The van der Waals surface area contributed by atoms with Crippen molar-refractivity contribution in [3.05, 3.63) is 66.7 Å². The van der Waals surface area contributed by atoms with Crippen LogP contribution in [0.3, 0.4) is 0 Å². The lowest BCUT2D eigenvalue weighted by Crippen LogP contribution is -2.09. The van der Waals surface area contributed by atoms with E-state index < -0.39 is 5.97 Å². The van der Waals surface area contributed by atoms with E-state index in [-0.39, 0.29) is 18.0 Å². The van der Waals surface area contributed by atoms with Gasteiger partial charge in [0.15, 0.2) is 5.65 Å². The standard InChI is InChI=1S/C22H20N4O3/c1-3-13-29-22(27)18-19-21(25-17-8-6-5-7-16(17)24-19)26(20(18)23)14-9-11-15(12-10-14)28-4-2/h3,5-12H,1,4,13,23H2,2H3. The van der Waals surface area contributed by atoms with E-state index in [2.05, 4.69) is 11.6 Å². The van der Waals surface area contributed by atoms with Crippen molar-refractivity contribution in [3.63, 3.8) is 0 Å². The van der Waals surface area contributed by atoms with Gasteiger partial charge in [-0.3, -0.25) is 4.57 Å². The van der Waals surface area contributed by atoms with Crippen LogP contribution in [-0.2, 0) is 4.74 Å². The minimum Gasteiger partial charge on any atom is -0.494 e. The summed E-state index contributed by atoms with van der Waals surface area (Å²) in [7, 11) is 0. The molecular weight excluding hydrogens is 368 g/mol. The summed E-state index contributed by atoms with van der Waals surface area (Å²) in [6.07, 6.45) is 1.50. The summed E-state index contributed by atoms with van der Waals surface area (Å²) in [5.74, 6) is 0.392. The maximum atomic E-state index is 12.7. The van der Waals surface area contributed by atoms with Crippen molar-refractivity contribution in [2.75, 3.05) is 18.9 Å². The third-order valence-electron chi connectivity index (χ3n) is 4.44. The van der Waals surface area contributed by atoms with Gasteiger partial charge in [0.2, 0.25) is 0 Å². The molecule has 0 fully saturated rings. The molecule has 0 radical (unpaired) electrons. The molecular formula is C22H20N4O3. The van der Waals surface area contributed by atoms with Crippen LogP contribution in [0, 0.1) is 0 Å². The van der Waals surface area contributed by atoms with E-state index in [0.29, 0.717) is 28.8 Å². The SMILES string of the molecule is C=CCOC(=O)c1c(N)n(-c2ccc(OCC)cc2)c2nc3ccccc3nc12. The van der Waals surface area contributed by atoms with Gasteiger partial charge in [-0.15, -0.1) is 0 Å². The molecule has 0 bridgehead atoms. The van der Waals surface area contributed by atoms with Crippen molar-refractivity contribution < 1.29 is 14.3 Å². The molecule has 0 amide bonds. The minimum atomic E-state index is -0.568. The third kappa shape index (κ3) is 3.27. The number of carbonyl (C=O) groups is 1. The Bertz CT molecular complexity index is 1210. The fourth-order valence-corrected chi connectivity index (χ4v) is 3.19. The first-order valence-electron chi connectivity index (χ1n) is 9.22. The number of fused-ring (bicyclic) bond motifs is 2. The number of rotatable bonds is 6. The number of esters is 1. The Kier molecular flexibility index (Phi) is 4.87. The Labute approximate surface area is 167 Å². The van der Waals surface area contributed by atoms with E-state index in [4.69, 9.17) is 20.2 Å². The summed E-state index contributed by atoms with van der Waals surface area (Å²) >= 11 is 0. The second-order valence-corrected chi connectivity index (χ2v) is 6.29. The van der Waals surface area contributed by atoms with E-state index in [1.807, 2.05) is 55.5 Å². The molecule has 146 valence electrons. The van der Waals surface area contributed by atoms with Crippen LogP contribution in [0.25, 0.3) is 27.9 Å². The fourth-order valence-electron chi connectivity index (χ4n) is 3.19. The molecule has 29 heavy (non-hydrogen) atoms. The molecule has 0 spiro atoms. The minimum absolute atomic E-state index is 0.0784. The zero-order valence-electron chi connectivity index (χ0n) is 16.0. The molecule has 4 aromatic rings. The average molecular weight is 388 g/mol. The molecule has 0 aliphatic heterocycles. The van der Waals surface area contributed by atoms with E-state index >= 15 is 0 Å². The number of nitrogens with two attached hydrogens (primary N) is 1. The molecule has 0 aliphatic rings. The summed E-state index contributed by atoms with van der Waals surface area (Å²) < 4.78 is 12.5. The lowest BCUT2D eigenvalue weighted by Gasteiger charge is -2.09. The predicted molar refractivity (Wildman–Crippen MR) is 112 cm³/mol. The van der Waals surface area contributed by atoms with Gasteiger partial charge in [-0.05, 0) is 43.3 Å². The largest absolute Gasteiger partial charge is 0.494 e. The summed E-state index contributed by atoms with van der Waals surface area (Å²) in [5.41, 5.74) is 9.58. The van der Waals surface area contributed by atoms with Crippen molar-refractivity contribution in [2.45, 2.75) is 6.92 Å². The van der Waals surface area contributed by atoms with Gasteiger partial charge >= 0.3 is 5.97 Å². The van der Waals surface area contributed by atoms with Crippen LogP contribution in [0.5, 0.6) is 5.75 Å². The number of ether oxygens (including phenoxy) is 2. The highest BCUT2D eigenvalue weighted by molar-refractivity contribution is 6.09. The lowest BCUT2D eigenvalue weighted by atomic mass is 10.2. The van der Waals surface area contributed by atoms with Crippen LogP contribution in [0.15, 0.2) is 61.2 Å². The monoisotopic (exact) mass is 388 g/mol. The van der Waals surface area contributed by atoms with Crippen molar-refractivity contribution in [2.24, 2.45) is 0 Å². The fraction of sp³-hybridized carbons (Fsp3) is 0.136. The van der Waals surface area contributed by atoms with Gasteiger partial charge in [-0.1, -0.05) is 24.8 Å². The number of nitrogens with zero attached hydrogens (tertiary/aromatic N) is 3. The smallest absolute Gasteiger partial charge is 0.344 e. The van der Waals surface area contributed by atoms with E-state index in [1.165, 1.54) is 6.08 Å². The van der Waals surface area contributed by atoms with Gasteiger partial charge in [0.05, 0.1) is 17.6 Å². The molecule has 0 atom stereocenters. The molecule has 0 aliphatic carbocycles. The summed E-state index contributed by atoms with van der Waals surface area (Å²) in [4.78, 5) is 22.1. The first-order chi connectivity index (χ1) is 14.1. The number of aromatic nitrogens is 3. The Morgan fingerprint density at radius 1 is 1.14 bits per heavy atom. The van der Waals surface area contributed by atoms with Gasteiger partial charge in [0.1, 0.15) is 29.3 Å². The molecule has 2 heterocycles. The highest BCUT2D eigenvalue weighted by atomic mass is 16.5. The normalized spacial score (nSPS) is 10.9. The van der Waals surface area contributed by atoms with Gasteiger partial charge in [0.25, 0.3) is 0 Å². The van der Waals surface area contributed by atoms with E-state index in [0.717, 1.165) is 11.4 Å². The van der Waals surface area contributed by atoms with Crippen molar-refractivity contribution in [1.82, 2.24) is 14.5 Å². The first kappa shape index (κ1) is 18.5. The van der Waals surface area contributed by atoms with Crippen molar-refractivity contribution in [1.29, 1.82) is 0 Å². The summed E-state index contributed by atoms with van der Waals surface area (Å²) in [5, 5.41) is 0. The summed E-state index contributed by atoms with van der Waals surface area (Å²) in [6.45, 7) is 6.15. The lowest BCUT2D eigenvalue weighted by molar-refractivity contribution is 0.0553. The maximum absolute atomic E-state index is 12.7. The molecule has 0 saturated carbocycles. The Morgan fingerprint density at radius 3 is 2.48 bits per heavy atom. The molecule has 2 aromatic heterocycles. The van der Waals surface area contributed by atoms with Crippen molar-refractivity contribution in [3.8, 4) is 11.4 Å². The number of nitrogen functional groups attached to an aromatic ring is 1. The highest BCUT2D eigenvalue weighted by Gasteiger charge is 2.25. The second-order valence-electron chi connectivity index (χ2n) is 6.29. The number of carbonyl (C=O) groups excluding carboxylic acids is 1. The van der Waals surface area contributed by atoms with Crippen LogP contribution < -0.4 is 10.5 Å². The zero-order valence-corrected chi connectivity index (χ0v) is 16.0. The molecule has 0 saturated heterocycles. The second kappa shape index (κ2) is 7.63. The number of hydrogen-bond acceptors (Lipinski definition) is 6. The number of hydrogen-bond donors (Lipinski definition) is 1. The maximum Gasteiger partial charge on any atom is 0.344 e. The molecule has 2 aromatic carbocycles. The number of anilines is 1. The molecule has 7 nitrogen and oxygen atoms in total. The van der Waals surface area contributed by atoms with Crippen LogP contribution in [0.2, 0.25) is 0 Å². The topological polar surface area (TPSA) is 92.3 Å². The van der Waals surface area contributed by atoms with Gasteiger partial charge in [-0.2, -0.15) is 0 Å². The number of benzene rings is 2. The average Bonchev–Trinajstić information content (AvgIpc) is 3.02. The molecule has 4 rings (SSSR count). The van der Waals surface area contributed by atoms with Gasteiger partial charge in [-0.25, -0.2) is 14.8 Å². The molecule has 7 heteroatoms. The van der Waals surface area contributed by atoms with Gasteiger partial charge in [0, 0.05) is 5.69 Å². The van der Waals surface area contributed by atoms with Gasteiger partial charge < -0.3 is 15.2 Å². The Balaban J connectivity index is 1.97. The predicted octanol–water partition coefficient (Wildman–Crippen LogP) is 3.90. The van der Waals surface area contributed by atoms with Crippen LogP contribution in [0.1, 0.15) is 17.3 Å². The van der Waals surface area contributed by atoms with E-state index in [1.54, 1.807) is 4.57 Å². The third-order valence-corrected chi connectivity index (χ3v) is 4.44. The van der Waals surface area contributed by atoms with Crippen LogP contribution >= 0.6 is 0 Å². The Morgan fingerprint density at radius 2 is 1.83 bits per heavy atom. The molecule has 2 N–H and O–H groups in total. The molecule has 0 unspecified atom stereocenters. The zero-order chi connectivity index (χ0) is 20.4. The van der Waals surface area contributed by atoms with E-state index in [9.17, 15) is 4.79 Å². The Hall–Kier alpha value is -3.87. The summed E-state index contributed by atoms with van der Waals surface area (Å²) in [6, 6.07) is 14.9. The first-order valence-corrected chi connectivity index (χ1v) is 9.22. The van der Waals surface area contributed by atoms with Crippen LogP contribution in [-0.4, -0.2) is 33.7 Å². The van der Waals surface area contributed by atoms with Crippen molar-refractivity contribution >= 4 is 34.0 Å². The van der Waals surface area contributed by atoms with Crippen LogP contribution in [0.4, 0.5) is 5.82 Å². The quantitative estimate of drug-likeness (QED) is 0.398.